The van der Waals surface area contributed by atoms with Gasteiger partial charge >= 0.3 is 0 Å². The van der Waals surface area contributed by atoms with Crippen molar-refractivity contribution in [2.24, 2.45) is 12.5 Å². The number of carbonyl (C=O) groups excluding carboxylic acids is 1. The highest BCUT2D eigenvalue weighted by molar-refractivity contribution is 6.00. The molecule has 2 N–H and O–H groups in total. The lowest BCUT2D eigenvalue weighted by Gasteiger charge is -2.28. The Morgan fingerprint density at radius 2 is 2.32 bits per heavy atom. The van der Waals surface area contributed by atoms with Crippen molar-refractivity contribution >= 4 is 17.4 Å². The molecule has 1 aliphatic heterocycles. The Morgan fingerprint density at radius 3 is 3.05 bits per heavy atom. The van der Waals surface area contributed by atoms with Crippen LogP contribution in [-0.2, 0) is 18.3 Å². The molecule has 5 nitrogen and oxygen atoms in total. The van der Waals surface area contributed by atoms with Gasteiger partial charge in [-0.3, -0.25) is 9.48 Å². The lowest BCUT2D eigenvalue weighted by atomic mass is 9.84. The first kappa shape index (κ1) is 12.5. The molecule has 1 saturated carbocycles. The Bertz CT molecular complexity index is 522. The monoisotopic (exact) mass is 262 g/mol. The van der Waals surface area contributed by atoms with Crippen molar-refractivity contribution in [3.8, 4) is 0 Å². The van der Waals surface area contributed by atoms with Gasteiger partial charge in [-0.2, -0.15) is 5.10 Å². The first-order valence-corrected chi connectivity index (χ1v) is 7.20. The van der Waals surface area contributed by atoms with Gasteiger partial charge in [0.1, 0.15) is 11.5 Å². The molecular formula is C14H22N4O. The number of hydrogen-bond donors (Lipinski definition) is 2. The summed E-state index contributed by atoms with van der Waals surface area (Å²) < 4.78 is 1.87. The zero-order valence-electron chi connectivity index (χ0n) is 11.9. The summed E-state index contributed by atoms with van der Waals surface area (Å²) in [5, 5.41) is 11.2. The number of aromatic nitrogens is 2. The largest absolute Gasteiger partial charge is 0.365 e. The van der Waals surface area contributed by atoms with Crippen molar-refractivity contribution in [3.63, 3.8) is 0 Å². The quantitative estimate of drug-likeness (QED) is 0.859. The zero-order valence-corrected chi connectivity index (χ0v) is 11.9. The molecule has 0 radical (unpaired) electrons. The molecule has 1 aromatic rings. The van der Waals surface area contributed by atoms with Gasteiger partial charge in [0.25, 0.3) is 0 Å². The smallest absolute Gasteiger partial charge is 0.232 e. The van der Waals surface area contributed by atoms with Crippen LogP contribution < -0.4 is 10.6 Å². The number of aryl methyl sites for hydroxylation is 2. The van der Waals surface area contributed by atoms with Crippen LogP contribution in [0.15, 0.2) is 0 Å². The van der Waals surface area contributed by atoms with Gasteiger partial charge in [0, 0.05) is 13.1 Å². The number of nitrogens with one attached hydrogen (secondary N) is 2. The first-order valence-electron chi connectivity index (χ1n) is 7.20. The summed E-state index contributed by atoms with van der Waals surface area (Å²) in [6, 6.07) is 0.221. The maximum absolute atomic E-state index is 12.6. The van der Waals surface area contributed by atoms with E-state index < -0.39 is 0 Å². The topological polar surface area (TPSA) is 59.0 Å². The molecule has 0 aromatic carbocycles. The summed E-state index contributed by atoms with van der Waals surface area (Å²) in [6.45, 7) is 4.20. The Balaban J connectivity index is 2.04. The lowest BCUT2D eigenvalue weighted by molar-refractivity contribution is -0.124. The molecule has 1 amide bonds. The third-order valence-electron chi connectivity index (χ3n) is 4.63. The van der Waals surface area contributed by atoms with Crippen molar-refractivity contribution in [1.82, 2.24) is 9.78 Å². The summed E-state index contributed by atoms with van der Waals surface area (Å²) in [5.74, 6) is 1.11. The van der Waals surface area contributed by atoms with E-state index in [1.54, 1.807) is 0 Å². The summed E-state index contributed by atoms with van der Waals surface area (Å²) in [6.07, 6.45) is 5.04. The number of fused-ring (bicyclic) bond motifs is 2. The van der Waals surface area contributed by atoms with Crippen molar-refractivity contribution < 1.29 is 4.79 Å². The maximum atomic E-state index is 12.6. The molecule has 2 aliphatic rings. The van der Waals surface area contributed by atoms with E-state index in [9.17, 15) is 4.79 Å². The van der Waals surface area contributed by atoms with Crippen LogP contribution in [0.5, 0.6) is 0 Å². The van der Waals surface area contributed by atoms with Crippen LogP contribution in [0.3, 0.4) is 0 Å². The van der Waals surface area contributed by atoms with Gasteiger partial charge in [-0.15, -0.1) is 0 Å². The van der Waals surface area contributed by atoms with E-state index in [-0.39, 0.29) is 17.4 Å². The molecule has 1 fully saturated rings. The van der Waals surface area contributed by atoms with Gasteiger partial charge in [-0.25, -0.2) is 0 Å². The fourth-order valence-corrected chi connectivity index (χ4v) is 3.38. The van der Waals surface area contributed by atoms with Crippen LogP contribution in [0.4, 0.5) is 11.5 Å². The van der Waals surface area contributed by atoms with E-state index >= 15 is 0 Å². The van der Waals surface area contributed by atoms with Crippen LogP contribution in [0.2, 0.25) is 0 Å². The number of anilines is 2. The van der Waals surface area contributed by atoms with Crippen molar-refractivity contribution in [1.29, 1.82) is 0 Å². The Hall–Kier alpha value is -1.52. The molecule has 19 heavy (non-hydrogen) atoms. The van der Waals surface area contributed by atoms with Gasteiger partial charge in [0.05, 0.1) is 11.1 Å². The van der Waals surface area contributed by atoms with Crippen LogP contribution in [0.1, 0.15) is 45.2 Å². The number of hydrogen-bond acceptors (Lipinski definition) is 3. The average molecular weight is 262 g/mol. The summed E-state index contributed by atoms with van der Waals surface area (Å²) in [5.41, 5.74) is 1.59. The van der Waals surface area contributed by atoms with Crippen LogP contribution in [0.25, 0.3) is 0 Å². The van der Waals surface area contributed by atoms with Crippen molar-refractivity contribution in [3.05, 3.63) is 5.69 Å². The third-order valence-corrected chi connectivity index (χ3v) is 4.63. The van der Waals surface area contributed by atoms with Gasteiger partial charge < -0.3 is 10.6 Å². The predicted octanol–water partition coefficient (Wildman–Crippen LogP) is 2.30. The van der Waals surface area contributed by atoms with E-state index in [0.717, 1.165) is 49.3 Å². The van der Waals surface area contributed by atoms with E-state index in [4.69, 9.17) is 0 Å². The summed E-state index contributed by atoms with van der Waals surface area (Å²) in [7, 11) is 1.94. The fraction of sp³-hybridized carbons (Fsp3) is 0.714. The minimum atomic E-state index is -0.289. The second kappa shape index (κ2) is 4.25. The lowest BCUT2D eigenvalue weighted by Crippen LogP contribution is -2.41. The number of amides is 1. The van der Waals surface area contributed by atoms with Gasteiger partial charge in [0.15, 0.2) is 0 Å². The summed E-state index contributed by atoms with van der Waals surface area (Å²) in [4.78, 5) is 12.6. The molecule has 0 spiro atoms. The molecule has 2 atom stereocenters. The number of rotatable bonds is 2. The highest BCUT2D eigenvalue weighted by Crippen LogP contribution is 2.44. The van der Waals surface area contributed by atoms with Crippen LogP contribution >= 0.6 is 0 Å². The molecule has 104 valence electrons. The first-order chi connectivity index (χ1) is 9.06. The van der Waals surface area contributed by atoms with E-state index in [1.165, 1.54) is 0 Å². The predicted molar refractivity (Wildman–Crippen MR) is 75.2 cm³/mol. The molecule has 1 aliphatic carbocycles. The van der Waals surface area contributed by atoms with Crippen LogP contribution in [0, 0.1) is 5.41 Å². The molecular weight excluding hydrogens is 240 g/mol. The maximum Gasteiger partial charge on any atom is 0.232 e. The zero-order chi connectivity index (χ0) is 13.6. The third kappa shape index (κ3) is 1.75. The van der Waals surface area contributed by atoms with E-state index in [2.05, 4.69) is 29.6 Å². The van der Waals surface area contributed by atoms with Gasteiger partial charge in [-0.05, 0) is 26.2 Å². The van der Waals surface area contributed by atoms with Gasteiger partial charge in [-0.1, -0.05) is 19.8 Å². The van der Waals surface area contributed by atoms with E-state index in [1.807, 2.05) is 11.7 Å². The van der Waals surface area contributed by atoms with Crippen molar-refractivity contribution in [2.75, 3.05) is 10.6 Å². The highest BCUT2D eigenvalue weighted by Gasteiger charge is 2.47. The SMILES string of the molecule is CCCc1nn(C)c2c1NC(=O)C1(C)CCCC1N2. The molecule has 0 saturated heterocycles. The molecule has 0 bridgehead atoms. The Labute approximate surface area is 113 Å². The fourth-order valence-electron chi connectivity index (χ4n) is 3.38. The molecule has 5 heteroatoms. The minimum Gasteiger partial charge on any atom is -0.365 e. The molecule has 1 aromatic heterocycles. The molecule has 3 rings (SSSR count). The van der Waals surface area contributed by atoms with Gasteiger partial charge in [0.2, 0.25) is 5.91 Å². The minimum absolute atomic E-state index is 0.145. The molecule has 2 heterocycles. The van der Waals surface area contributed by atoms with Crippen molar-refractivity contribution in [2.45, 2.75) is 52.0 Å². The Morgan fingerprint density at radius 1 is 1.53 bits per heavy atom. The molecule has 2 unspecified atom stereocenters. The number of carbonyl (C=O) groups is 1. The Kier molecular flexibility index (Phi) is 2.80. The van der Waals surface area contributed by atoms with Crippen LogP contribution in [-0.4, -0.2) is 21.7 Å². The number of nitrogens with zero attached hydrogens (tertiary/aromatic N) is 2. The van der Waals surface area contributed by atoms with E-state index in [0.29, 0.717) is 0 Å². The average Bonchev–Trinajstić information content (AvgIpc) is 2.84. The second-order valence-corrected chi connectivity index (χ2v) is 6.00. The second-order valence-electron chi connectivity index (χ2n) is 6.00. The summed E-state index contributed by atoms with van der Waals surface area (Å²) >= 11 is 0. The standard InChI is InChI=1S/C14H22N4O/c1-4-6-9-11-12(18(3)17-9)15-10-7-5-8-14(10,2)13(19)16-11/h10,15H,4-8H2,1-3H3,(H,16,19). The highest BCUT2D eigenvalue weighted by atomic mass is 16.2. The normalized spacial score (nSPS) is 29.2.